The number of aromatic nitrogens is 4. The highest BCUT2D eigenvalue weighted by atomic mass is 16.3. The number of nitrogens with one attached hydrogen (secondary N) is 1. The molecule has 1 atom stereocenters. The molecule has 0 spiro atoms. The van der Waals surface area contributed by atoms with E-state index in [1.54, 1.807) is 29.5 Å². The van der Waals surface area contributed by atoms with Gasteiger partial charge in [-0.15, -0.1) is 0 Å². The van der Waals surface area contributed by atoms with Crippen molar-refractivity contribution in [2.24, 2.45) is 0 Å². The Bertz CT molecular complexity index is 663. The molecule has 8 nitrogen and oxygen atoms in total. The molecular weight excluding hydrogens is 320 g/mol. The Morgan fingerprint density at radius 1 is 1.36 bits per heavy atom. The number of anilines is 1. The number of piperidine rings is 1. The first-order valence-electron chi connectivity index (χ1n) is 8.62. The van der Waals surface area contributed by atoms with Crippen molar-refractivity contribution < 1.29 is 9.90 Å². The molecule has 0 bridgehead atoms. The molecule has 3 heterocycles. The normalized spacial score (nSPS) is 20.4. The lowest BCUT2D eigenvalue weighted by molar-refractivity contribution is -0.122. The first-order chi connectivity index (χ1) is 12.1. The van der Waals surface area contributed by atoms with Crippen molar-refractivity contribution in [2.75, 3.05) is 24.5 Å². The third kappa shape index (κ3) is 4.99. The summed E-state index contributed by atoms with van der Waals surface area (Å²) in [7, 11) is 0. The number of rotatable bonds is 7. The molecule has 1 fully saturated rings. The fourth-order valence-corrected chi connectivity index (χ4v) is 3.09. The Balaban J connectivity index is 1.44. The largest absolute Gasteiger partial charge is 0.386 e. The van der Waals surface area contributed by atoms with Gasteiger partial charge in [0.1, 0.15) is 5.82 Å². The lowest BCUT2D eigenvalue weighted by Gasteiger charge is -2.39. The minimum Gasteiger partial charge on any atom is -0.386 e. The number of aliphatic hydroxyl groups is 1. The van der Waals surface area contributed by atoms with Crippen LogP contribution >= 0.6 is 0 Å². The number of carbonyl (C=O) groups excluding carboxylic acids is 1. The third-order valence-electron chi connectivity index (χ3n) is 4.39. The lowest BCUT2D eigenvalue weighted by atomic mass is 9.92. The molecule has 8 heteroatoms. The first kappa shape index (κ1) is 17.3. The molecule has 0 saturated carbocycles. The number of nitrogens with zero attached hydrogens (tertiary/aromatic N) is 5. The van der Waals surface area contributed by atoms with E-state index in [0.717, 1.165) is 25.2 Å². The zero-order chi connectivity index (χ0) is 17.5. The van der Waals surface area contributed by atoms with Gasteiger partial charge in [-0.1, -0.05) is 0 Å². The van der Waals surface area contributed by atoms with Crippen molar-refractivity contribution in [3.8, 4) is 0 Å². The van der Waals surface area contributed by atoms with E-state index in [1.165, 1.54) is 0 Å². The minimum atomic E-state index is -0.937. The van der Waals surface area contributed by atoms with Crippen molar-refractivity contribution in [1.29, 1.82) is 0 Å². The second-order valence-corrected chi connectivity index (χ2v) is 6.46. The molecule has 2 aromatic rings. The van der Waals surface area contributed by atoms with Crippen LogP contribution in [0.3, 0.4) is 0 Å². The summed E-state index contributed by atoms with van der Waals surface area (Å²) in [6.07, 6.45) is 11.2. The predicted octanol–water partition coefficient (Wildman–Crippen LogP) is 0.601. The second-order valence-electron chi connectivity index (χ2n) is 6.46. The van der Waals surface area contributed by atoms with Gasteiger partial charge in [0.25, 0.3) is 0 Å². The smallest absolute Gasteiger partial charge is 0.220 e. The average molecular weight is 344 g/mol. The van der Waals surface area contributed by atoms with Crippen molar-refractivity contribution >= 4 is 11.7 Å². The lowest BCUT2D eigenvalue weighted by Crippen LogP contribution is -2.54. The summed E-state index contributed by atoms with van der Waals surface area (Å²) in [5.74, 6) is 0.711. The molecule has 2 aromatic heterocycles. The molecule has 0 unspecified atom stereocenters. The maximum absolute atomic E-state index is 12.0. The summed E-state index contributed by atoms with van der Waals surface area (Å²) in [4.78, 5) is 22.4. The summed E-state index contributed by atoms with van der Waals surface area (Å²) in [6, 6.07) is 1.86. The van der Waals surface area contributed by atoms with Crippen LogP contribution in [0.15, 0.2) is 37.1 Å². The molecule has 0 aromatic carbocycles. The Hall–Kier alpha value is -2.48. The van der Waals surface area contributed by atoms with Crippen LogP contribution < -0.4 is 10.2 Å². The van der Waals surface area contributed by atoms with Gasteiger partial charge in [-0.2, -0.15) is 5.10 Å². The summed E-state index contributed by atoms with van der Waals surface area (Å²) < 4.78 is 1.81. The van der Waals surface area contributed by atoms with Crippen LogP contribution in [0.2, 0.25) is 0 Å². The van der Waals surface area contributed by atoms with Gasteiger partial charge in [0.2, 0.25) is 5.91 Å². The van der Waals surface area contributed by atoms with Crippen molar-refractivity contribution in [3.63, 3.8) is 0 Å². The Labute approximate surface area is 146 Å². The van der Waals surface area contributed by atoms with Crippen LogP contribution in [0.25, 0.3) is 0 Å². The van der Waals surface area contributed by atoms with E-state index in [0.29, 0.717) is 25.9 Å². The van der Waals surface area contributed by atoms with Gasteiger partial charge in [0, 0.05) is 57.4 Å². The number of hydrogen-bond donors (Lipinski definition) is 2. The van der Waals surface area contributed by atoms with Crippen molar-refractivity contribution in [1.82, 2.24) is 25.1 Å². The topological polar surface area (TPSA) is 96.2 Å². The highest BCUT2D eigenvalue weighted by Gasteiger charge is 2.34. The number of aryl methyl sites for hydroxylation is 1. The van der Waals surface area contributed by atoms with Crippen LogP contribution in [-0.4, -0.2) is 56.0 Å². The van der Waals surface area contributed by atoms with Gasteiger partial charge in [-0.3, -0.25) is 14.5 Å². The maximum atomic E-state index is 12.0. The second kappa shape index (κ2) is 8.06. The molecule has 1 amide bonds. The van der Waals surface area contributed by atoms with Gasteiger partial charge in [-0.05, 0) is 25.3 Å². The van der Waals surface area contributed by atoms with E-state index in [4.69, 9.17) is 0 Å². The summed E-state index contributed by atoms with van der Waals surface area (Å²) in [6.45, 7) is 2.24. The van der Waals surface area contributed by atoms with E-state index in [1.807, 2.05) is 17.2 Å². The van der Waals surface area contributed by atoms with E-state index >= 15 is 0 Å². The Morgan fingerprint density at radius 2 is 2.28 bits per heavy atom. The molecule has 2 N–H and O–H groups in total. The first-order valence-corrected chi connectivity index (χ1v) is 8.62. The predicted molar refractivity (Wildman–Crippen MR) is 92.9 cm³/mol. The molecule has 3 rings (SSSR count). The number of carbonyl (C=O) groups is 1. The van der Waals surface area contributed by atoms with E-state index < -0.39 is 5.60 Å². The third-order valence-corrected chi connectivity index (χ3v) is 4.39. The number of hydrogen-bond acceptors (Lipinski definition) is 6. The number of amides is 1. The van der Waals surface area contributed by atoms with Crippen LogP contribution in [0, 0.1) is 0 Å². The Kier molecular flexibility index (Phi) is 5.60. The number of β-amino-alcohol motifs (C(OH)–C–C–N with tert-alkyl or cyclic N) is 1. The van der Waals surface area contributed by atoms with Crippen molar-refractivity contribution in [2.45, 2.75) is 37.8 Å². The monoisotopic (exact) mass is 344 g/mol. The molecule has 1 saturated heterocycles. The highest BCUT2D eigenvalue weighted by molar-refractivity contribution is 5.75. The van der Waals surface area contributed by atoms with E-state index in [2.05, 4.69) is 20.4 Å². The fraction of sp³-hybridized carbons (Fsp3) is 0.529. The zero-order valence-electron chi connectivity index (χ0n) is 14.2. The quantitative estimate of drug-likeness (QED) is 0.764. The van der Waals surface area contributed by atoms with Gasteiger partial charge < -0.3 is 15.3 Å². The SMILES string of the molecule is O=C(CCCn1cccn1)NC[C@@]1(O)CCCN(c2cnccn2)C1. The average Bonchev–Trinajstić information content (AvgIpc) is 3.14. The van der Waals surface area contributed by atoms with Crippen molar-refractivity contribution in [3.05, 3.63) is 37.1 Å². The molecule has 1 aliphatic heterocycles. The molecule has 0 radical (unpaired) electrons. The molecule has 25 heavy (non-hydrogen) atoms. The maximum Gasteiger partial charge on any atom is 0.220 e. The zero-order valence-corrected chi connectivity index (χ0v) is 14.2. The minimum absolute atomic E-state index is 0.0443. The molecule has 1 aliphatic rings. The standard InChI is InChI=1S/C17H24N6O2/c24-16(4-1-10-23-11-3-6-21-23)20-13-17(25)5-2-9-22(14-17)15-12-18-7-8-19-15/h3,6-8,11-12,25H,1-2,4-5,9-10,13-14H2,(H,20,24)/t17-/m0/s1. The van der Waals surface area contributed by atoms with Gasteiger partial charge >= 0.3 is 0 Å². The van der Waals surface area contributed by atoms with Crippen LogP contribution in [-0.2, 0) is 11.3 Å². The van der Waals surface area contributed by atoms with Gasteiger partial charge in [0.05, 0.1) is 11.8 Å². The molecular formula is C17H24N6O2. The van der Waals surface area contributed by atoms with E-state index in [9.17, 15) is 9.90 Å². The fourth-order valence-electron chi connectivity index (χ4n) is 3.09. The Morgan fingerprint density at radius 3 is 3.04 bits per heavy atom. The highest BCUT2D eigenvalue weighted by Crippen LogP contribution is 2.23. The summed E-state index contributed by atoms with van der Waals surface area (Å²) in [5.41, 5.74) is -0.937. The molecule has 0 aliphatic carbocycles. The summed E-state index contributed by atoms with van der Waals surface area (Å²) >= 11 is 0. The van der Waals surface area contributed by atoms with Gasteiger partial charge in [-0.25, -0.2) is 4.98 Å². The summed E-state index contributed by atoms with van der Waals surface area (Å²) in [5, 5.41) is 17.8. The van der Waals surface area contributed by atoms with Gasteiger partial charge in [0.15, 0.2) is 0 Å². The molecule has 134 valence electrons. The van der Waals surface area contributed by atoms with E-state index in [-0.39, 0.29) is 12.5 Å². The van der Waals surface area contributed by atoms with Crippen LogP contribution in [0.4, 0.5) is 5.82 Å². The van der Waals surface area contributed by atoms with Crippen LogP contribution in [0.1, 0.15) is 25.7 Å². The van der Waals surface area contributed by atoms with Crippen LogP contribution in [0.5, 0.6) is 0 Å².